The first-order valence-corrected chi connectivity index (χ1v) is 10.8. The molecule has 0 atom stereocenters. The van der Waals surface area contributed by atoms with E-state index in [4.69, 9.17) is 0 Å². The van der Waals surface area contributed by atoms with Gasteiger partial charge in [0.25, 0.3) is 0 Å². The SMILES string of the molecule is CC(=O)N1CCC(c2cc3c(C(C)C)c(-c4cc(C)nc(C)c4)[nH]c3cc2F)CC1. The molecule has 0 aliphatic carbocycles. The van der Waals surface area contributed by atoms with Crippen LogP contribution < -0.4 is 0 Å². The highest BCUT2D eigenvalue weighted by Gasteiger charge is 2.26. The summed E-state index contributed by atoms with van der Waals surface area (Å²) in [6.45, 7) is 11.4. The van der Waals surface area contributed by atoms with Gasteiger partial charge >= 0.3 is 0 Å². The van der Waals surface area contributed by atoms with Crippen molar-refractivity contribution in [2.45, 2.75) is 59.3 Å². The molecule has 158 valence electrons. The minimum Gasteiger partial charge on any atom is -0.354 e. The van der Waals surface area contributed by atoms with Crippen LogP contribution in [0.25, 0.3) is 22.2 Å². The van der Waals surface area contributed by atoms with Gasteiger partial charge in [0.15, 0.2) is 0 Å². The number of carbonyl (C=O) groups excluding carboxylic acids is 1. The molecule has 5 heteroatoms. The molecule has 0 spiro atoms. The van der Waals surface area contributed by atoms with Crippen LogP contribution >= 0.6 is 0 Å². The molecular weight excluding hydrogens is 377 g/mol. The van der Waals surface area contributed by atoms with Crippen molar-refractivity contribution in [3.8, 4) is 11.3 Å². The van der Waals surface area contributed by atoms with Gasteiger partial charge in [0.1, 0.15) is 5.82 Å². The third kappa shape index (κ3) is 3.73. The molecule has 1 N–H and O–H groups in total. The highest BCUT2D eigenvalue weighted by molar-refractivity contribution is 5.92. The monoisotopic (exact) mass is 407 g/mol. The fourth-order valence-electron chi connectivity index (χ4n) is 4.88. The third-order valence-electron chi connectivity index (χ3n) is 6.28. The molecule has 1 aromatic carbocycles. The van der Waals surface area contributed by atoms with Crippen molar-refractivity contribution in [2.75, 3.05) is 13.1 Å². The van der Waals surface area contributed by atoms with E-state index in [-0.39, 0.29) is 17.6 Å². The quantitative estimate of drug-likeness (QED) is 0.593. The van der Waals surface area contributed by atoms with E-state index in [0.29, 0.717) is 19.0 Å². The second-order valence-electron chi connectivity index (χ2n) is 8.91. The summed E-state index contributed by atoms with van der Waals surface area (Å²) in [6.07, 6.45) is 1.61. The fraction of sp³-hybridized carbons (Fsp3) is 0.440. The fourth-order valence-corrected chi connectivity index (χ4v) is 4.88. The molecule has 3 aromatic rings. The molecule has 1 fully saturated rings. The summed E-state index contributed by atoms with van der Waals surface area (Å²) in [5.41, 5.74) is 6.93. The van der Waals surface area contributed by atoms with Gasteiger partial charge < -0.3 is 9.88 Å². The van der Waals surface area contributed by atoms with E-state index < -0.39 is 0 Å². The molecule has 3 heterocycles. The zero-order valence-corrected chi connectivity index (χ0v) is 18.5. The summed E-state index contributed by atoms with van der Waals surface area (Å²) >= 11 is 0. The summed E-state index contributed by atoms with van der Waals surface area (Å²) in [7, 11) is 0. The molecule has 0 saturated carbocycles. The van der Waals surface area contributed by atoms with Gasteiger partial charge in [-0.05, 0) is 73.9 Å². The topological polar surface area (TPSA) is 49.0 Å². The predicted octanol–water partition coefficient (Wildman–Crippen LogP) is 5.84. The number of carbonyl (C=O) groups is 1. The molecule has 30 heavy (non-hydrogen) atoms. The minimum absolute atomic E-state index is 0.102. The van der Waals surface area contributed by atoms with Gasteiger partial charge in [-0.2, -0.15) is 0 Å². The Morgan fingerprint density at radius 1 is 1.13 bits per heavy atom. The van der Waals surface area contributed by atoms with Crippen LogP contribution in [0, 0.1) is 19.7 Å². The second-order valence-corrected chi connectivity index (χ2v) is 8.91. The summed E-state index contributed by atoms with van der Waals surface area (Å²) in [5.74, 6) is 0.382. The van der Waals surface area contributed by atoms with Crippen LogP contribution in [0.5, 0.6) is 0 Å². The second kappa shape index (κ2) is 7.86. The standard InChI is InChI=1S/C25H30FN3O/c1-14(2)24-21-12-20(18-6-8-29(9-7-18)17(5)30)22(26)13-23(21)28-25(24)19-10-15(3)27-16(4)11-19/h10-14,18,28H,6-9H2,1-5H3. The van der Waals surface area contributed by atoms with Crippen LogP contribution in [0.2, 0.25) is 0 Å². The number of hydrogen-bond donors (Lipinski definition) is 1. The number of pyridine rings is 1. The lowest BCUT2D eigenvalue weighted by Gasteiger charge is -2.31. The summed E-state index contributed by atoms with van der Waals surface area (Å²) in [6, 6.07) is 7.87. The Kier molecular flexibility index (Phi) is 5.39. The number of amides is 1. The van der Waals surface area contributed by atoms with Crippen molar-refractivity contribution >= 4 is 16.8 Å². The molecular formula is C25H30FN3O. The number of fused-ring (bicyclic) bond motifs is 1. The van der Waals surface area contributed by atoms with Gasteiger partial charge in [0.05, 0.1) is 5.69 Å². The Hall–Kier alpha value is -2.69. The first-order chi connectivity index (χ1) is 14.2. The Labute approximate surface area is 177 Å². The van der Waals surface area contributed by atoms with Gasteiger partial charge in [-0.25, -0.2) is 4.39 Å². The van der Waals surface area contributed by atoms with Gasteiger partial charge in [-0.15, -0.1) is 0 Å². The maximum absolute atomic E-state index is 15.1. The number of piperidine rings is 1. The van der Waals surface area contributed by atoms with Gasteiger partial charge in [-0.1, -0.05) is 13.8 Å². The molecule has 4 rings (SSSR count). The van der Waals surface area contributed by atoms with Crippen LogP contribution in [-0.4, -0.2) is 33.9 Å². The van der Waals surface area contributed by atoms with Crippen molar-refractivity contribution in [3.05, 3.63) is 52.6 Å². The average molecular weight is 408 g/mol. The number of halogens is 1. The number of aromatic amines is 1. The number of aryl methyl sites for hydroxylation is 2. The van der Waals surface area contributed by atoms with E-state index in [0.717, 1.165) is 52.0 Å². The van der Waals surface area contributed by atoms with E-state index in [1.165, 1.54) is 5.56 Å². The lowest BCUT2D eigenvalue weighted by Crippen LogP contribution is -2.36. The first kappa shape index (κ1) is 20.6. The van der Waals surface area contributed by atoms with Gasteiger partial charge in [0.2, 0.25) is 5.91 Å². The van der Waals surface area contributed by atoms with Gasteiger partial charge in [0, 0.05) is 47.9 Å². The summed E-state index contributed by atoms with van der Waals surface area (Å²) in [5, 5.41) is 1.09. The number of H-pyrrole nitrogens is 1. The molecule has 1 saturated heterocycles. The van der Waals surface area contributed by atoms with Crippen molar-refractivity contribution in [1.82, 2.24) is 14.9 Å². The molecule has 1 amide bonds. The van der Waals surface area contributed by atoms with Gasteiger partial charge in [-0.3, -0.25) is 9.78 Å². The summed E-state index contributed by atoms with van der Waals surface area (Å²) in [4.78, 5) is 21.5. The molecule has 0 radical (unpaired) electrons. The smallest absolute Gasteiger partial charge is 0.219 e. The summed E-state index contributed by atoms with van der Waals surface area (Å²) < 4.78 is 15.1. The van der Waals surface area contributed by atoms with Crippen molar-refractivity contribution in [2.24, 2.45) is 0 Å². The molecule has 1 aliphatic heterocycles. The van der Waals surface area contributed by atoms with E-state index >= 15 is 4.39 Å². The van der Waals surface area contributed by atoms with Crippen LogP contribution in [0.4, 0.5) is 4.39 Å². The van der Waals surface area contributed by atoms with E-state index in [9.17, 15) is 4.79 Å². The lowest BCUT2D eigenvalue weighted by molar-refractivity contribution is -0.129. The Morgan fingerprint density at radius 2 is 1.77 bits per heavy atom. The van der Waals surface area contributed by atoms with E-state index in [2.05, 4.69) is 42.0 Å². The van der Waals surface area contributed by atoms with Crippen molar-refractivity contribution in [3.63, 3.8) is 0 Å². The first-order valence-electron chi connectivity index (χ1n) is 10.8. The van der Waals surface area contributed by atoms with E-state index in [1.807, 2.05) is 18.7 Å². The zero-order chi connectivity index (χ0) is 21.6. The largest absolute Gasteiger partial charge is 0.354 e. The van der Waals surface area contributed by atoms with E-state index in [1.54, 1.807) is 13.0 Å². The number of nitrogens with one attached hydrogen (secondary N) is 1. The molecule has 4 nitrogen and oxygen atoms in total. The predicted molar refractivity (Wildman–Crippen MR) is 119 cm³/mol. The highest BCUT2D eigenvalue weighted by atomic mass is 19.1. The van der Waals surface area contributed by atoms with Crippen LogP contribution in [0.3, 0.4) is 0 Å². The number of likely N-dealkylation sites (tertiary alicyclic amines) is 1. The van der Waals surface area contributed by atoms with Crippen LogP contribution in [0.15, 0.2) is 24.3 Å². The molecule has 0 bridgehead atoms. The molecule has 2 aromatic heterocycles. The maximum Gasteiger partial charge on any atom is 0.219 e. The Balaban J connectivity index is 1.80. The zero-order valence-electron chi connectivity index (χ0n) is 18.5. The number of nitrogens with zero attached hydrogens (tertiary/aromatic N) is 2. The molecule has 0 unspecified atom stereocenters. The van der Waals surface area contributed by atoms with Crippen LogP contribution in [-0.2, 0) is 4.79 Å². The maximum atomic E-state index is 15.1. The lowest BCUT2D eigenvalue weighted by atomic mass is 9.87. The van der Waals surface area contributed by atoms with Crippen molar-refractivity contribution in [1.29, 1.82) is 0 Å². The number of aromatic nitrogens is 2. The number of benzene rings is 1. The Bertz CT molecular complexity index is 1090. The number of hydrogen-bond acceptors (Lipinski definition) is 2. The highest BCUT2D eigenvalue weighted by Crippen LogP contribution is 2.39. The minimum atomic E-state index is -0.158. The van der Waals surface area contributed by atoms with Crippen molar-refractivity contribution < 1.29 is 9.18 Å². The molecule has 1 aliphatic rings. The third-order valence-corrected chi connectivity index (χ3v) is 6.28. The normalized spacial score (nSPS) is 15.4. The van der Waals surface area contributed by atoms with Crippen LogP contribution in [0.1, 0.15) is 68.0 Å². The number of rotatable bonds is 3. The Morgan fingerprint density at radius 3 is 2.33 bits per heavy atom. The average Bonchev–Trinajstić information content (AvgIpc) is 3.05.